The molecule has 6 aromatic rings. The monoisotopic (exact) mass is 771 g/mol. The van der Waals surface area contributed by atoms with Crippen molar-refractivity contribution in [3.8, 4) is 21.1 Å². The fraction of sp³-hybridized carbons (Fsp3) is 0.211. The maximum atomic E-state index is 8.60. The first kappa shape index (κ1) is 31.1. The molecule has 8 rings (SSSR count). The summed E-state index contributed by atoms with van der Waals surface area (Å²) in [6, 6.07) is 30.3. The number of rotatable bonds is 7. The third-order valence-electron chi connectivity index (χ3n) is 10.4. The van der Waals surface area contributed by atoms with Crippen molar-refractivity contribution >= 4 is 78.2 Å². The molecular weight excluding hydrogens is 739 g/mol. The normalized spacial score (nSPS) is 18.5. The number of allylic oxidation sites excluding steroid dienone is 2. The van der Waals surface area contributed by atoms with Gasteiger partial charge in [0.25, 0.3) is 0 Å². The number of aromatic nitrogens is 2. The molecule has 8 heteroatoms. The van der Waals surface area contributed by atoms with Crippen molar-refractivity contribution in [3.63, 3.8) is 0 Å². The molecule has 0 N–H and O–H groups in total. The molecule has 0 fully saturated rings. The molecule has 0 bridgehead atoms. The molecule has 2 nitrogen and oxygen atoms in total. The van der Waals surface area contributed by atoms with Gasteiger partial charge in [-0.3, -0.25) is 0 Å². The average Bonchev–Trinajstić information content (AvgIpc) is 3.85. The molecule has 0 spiro atoms. The number of halogens is 2. The van der Waals surface area contributed by atoms with E-state index < -0.39 is 21.5 Å². The van der Waals surface area contributed by atoms with Gasteiger partial charge in [-0.2, -0.15) is 0 Å². The van der Waals surface area contributed by atoms with Gasteiger partial charge in [0.1, 0.15) is 0 Å². The van der Waals surface area contributed by atoms with E-state index >= 15 is 0 Å². The molecular formula is C38H35Cl2N2S2SiZr. The molecule has 0 saturated carbocycles. The summed E-state index contributed by atoms with van der Waals surface area (Å²) in [5.74, 6) is -1.64. The topological polar surface area (TPSA) is 25.8 Å². The van der Waals surface area contributed by atoms with Crippen molar-refractivity contribution in [2.24, 2.45) is 0 Å². The minimum atomic E-state index is -4.82. The third kappa shape index (κ3) is 4.55. The van der Waals surface area contributed by atoms with Crippen LogP contribution in [0.2, 0.25) is 13.1 Å². The Morgan fingerprint density at radius 2 is 1.07 bits per heavy atom. The average molecular weight is 774 g/mol. The van der Waals surface area contributed by atoms with Crippen LogP contribution in [0.25, 0.3) is 53.7 Å². The summed E-state index contributed by atoms with van der Waals surface area (Å²) >= 11 is -1.29. The van der Waals surface area contributed by atoms with Gasteiger partial charge in [-0.15, -0.1) is 0 Å². The van der Waals surface area contributed by atoms with Crippen LogP contribution in [-0.2, 0) is 15.6 Å². The van der Waals surface area contributed by atoms with Crippen LogP contribution in [0.1, 0.15) is 56.2 Å². The summed E-state index contributed by atoms with van der Waals surface area (Å²) in [5, 5.41) is 2.12. The van der Waals surface area contributed by atoms with Gasteiger partial charge in [0.05, 0.1) is 0 Å². The van der Waals surface area contributed by atoms with Gasteiger partial charge in [0, 0.05) is 0 Å². The van der Waals surface area contributed by atoms with Crippen molar-refractivity contribution in [2.45, 2.75) is 47.0 Å². The number of thiazole rings is 2. The van der Waals surface area contributed by atoms with Crippen LogP contribution in [0.3, 0.4) is 0 Å². The van der Waals surface area contributed by atoms with Gasteiger partial charge in [-0.1, -0.05) is 0 Å². The summed E-state index contributed by atoms with van der Waals surface area (Å²) in [7, 11) is 17.2. The fourth-order valence-corrected chi connectivity index (χ4v) is 41.8. The van der Waals surface area contributed by atoms with E-state index in [4.69, 9.17) is 27.0 Å². The van der Waals surface area contributed by atoms with E-state index in [-0.39, 0.29) is 7.25 Å². The van der Waals surface area contributed by atoms with Crippen molar-refractivity contribution < 1.29 is 15.6 Å². The number of para-hydroxylation sites is 2. The molecule has 2 aliphatic rings. The van der Waals surface area contributed by atoms with Crippen molar-refractivity contribution in [2.75, 3.05) is 0 Å². The zero-order valence-corrected chi connectivity index (χ0v) is 33.1. The Morgan fingerprint density at radius 3 is 1.46 bits per heavy atom. The molecule has 2 heterocycles. The molecule has 2 atom stereocenters. The van der Waals surface area contributed by atoms with Crippen LogP contribution < -0.4 is 0 Å². The van der Waals surface area contributed by atoms with Crippen molar-refractivity contribution in [1.82, 2.24) is 9.97 Å². The minimum absolute atomic E-state index is 0.0720. The molecule has 46 heavy (non-hydrogen) atoms. The van der Waals surface area contributed by atoms with Crippen LogP contribution in [0.4, 0.5) is 0 Å². The van der Waals surface area contributed by atoms with Crippen molar-refractivity contribution in [3.05, 3.63) is 118 Å². The van der Waals surface area contributed by atoms with E-state index in [9.17, 15) is 0 Å². The van der Waals surface area contributed by atoms with Gasteiger partial charge < -0.3 is 0 Å². The predicted molar refractivity (Wildman–Crippen MR) is 203 cm³/mol. The number of nitrogens with zero attached hydrogens (tertiary/aromatic N) is 2. The number of fused-ring (bicyclic) bond motifs is 4. The second kappa shape index (κ2) is 11.5. The first-order chi connectivity index (χ1) is 22.2. The SMILES string of the molecule is CCC1=Cc2c(-c3nc4ccccc4s3)cccc2[CH]1[Zr]([Cl])([Cl])([CH]1C(CC)=Cc2c(-c3nc4ccccc4s3)cccc21)[SiH](C)C. The maximum absolute atomic E-state index is 8.60. The Hall–Kier alpha value is -2.18. The van der Waals surface area contributed by atoms with Gasteiger partial charge >= 0.3 is 290 Å². The number of hydrogen-bond donors (Lipinski definition) is 0. The first-order valence-electron chi connectivity index (χ1n) is 16.2. The van der Waals surface area contributed by atoms with E-state index in [2.05, 4.69) is 124 Å². The van der Waals surface area contributed by atoms with E-state index in [0.717, 1.165) is 33.9 Å². The van der Waals surface area contributed by atoms with E-state index in [1.165, 1.54) is 53.9 Å². The van der Waals surface area contributed by atoms with Gasteiger partial charge in [0.15, 0.2) is 0 Å². The summed E-state index contributed by atoms with van der Waals surface area (Å²) in [6.07, 6.45) is 6.72. The summed E-state index contributed by atoms with van der Waals surface area (Å²) in [6.45, 7) is 9.41. The van der Waals surface area contributed by atoms with Crippen LogP contribution in [0, 0.1) is 0 Å². The summed E-state index contributed by atoms with van der Waals surface area (Å²) < 4.78 is 2.57. The van der Waals surface area contributed by atoms with E-state index in [1.807, 2.05) is 0 Å². The second-order valence-electron chi connectivity index (χ2n) is 13.0. The van der Waals surface area contributed by atoms with Crippen LogP contribution in [-0.4, -0.2) is 15.9 Å². The molecule has 2 unspecified atom stereocenters. The predicted octanol–water partition coefficient (Wildman–Crippen LogP) is 12.6. The Balaban J connectivity index is 1.32. The Morgan fingerprint density at radius 1 is 0.630 bits per heavy atom. The van der Waals surface area contributed by atoms with Gasteiger partial charge in [0.2, 0.25) is 0 Å². The molecule has 0 aliphatic heterocycles. The quantitative estimate of drug-likeness (QED) is 0.151. The standard InChI is InChI=1S/2C18H14NS.C2H7Si.2ClH.Zr/c2*1-2-12-10-13-6-5-7-14(15(13)11-12)18-19-16-8-3-4-9-17(16)20-18;1-3-2;;;/h2*3-11H,2H2,1H3;3H,1-2H3;2*1H;/q;;;;;+2/p-2. The van der Waals surface area contributed by atoms with E-state index in [1.54, 1.807) is 22.7 Å². The van der Waals surface area contributed by atoms with Gasteiger partial charge in [-0.05, 0) is 0 Å². The number of hydrogen-bond acceptors (Lipinski definition) is 4. The Bertz CT molecular complexity index is 2030. The molecule has 0 amide bonds. The molecule has 0 saturated heterocycles. The Labute approximate surface area is 287 Å². The van der Waals surface area contributed by atoms with Crippen LogP contribution in [0.5, 0.6) is 0 Å². The molecule has 4 aromatic carbocycles. The van der Waals surface area contributed by atoms with Crippen LogP contribution in [0.15, 0.2) is 96.1 Å². The van der Waals surface area contributed by atoms with Crippen LogP contribution >= 0.6 is 39.7 Å². The zero-order chi connectivity index (χ0) is 31.8. The summed E-state index contributed by atoms with van der Waals surface area (Å²) in [5.41, 5.74) is 12.4. The van der Waals surface area contributed by atoms with E-state index in [0.29, 0.717) is 0 Å². The molecule has 0 radical (unpaired) electrons. The molecule has 2 aliphatic carbocycles. The zero-order valence-electron chi connectivity index (χ0n) is 26.4. The molecule has 231 valence electrons. The second-order valence-corrected chi connectivity index (χ2v) is 57.6. The summed E-state index contributed by atoms with van der Waals surface area (Å²) in [4.78, 5) is 10.1. The Kier molecular flexibility index (Phi) is 7.75. The first-order valence-corrected chi connectivity index (χ1v) is 34.1. The van der Waals surface area contributed by atoms with Crippen molar-refractivity contribution in [1.29, 1.82) is 0 Å². The third-order valence-corrected chi connectivity index (χ3v) is 64.4. The number of benzene rings is 4. The fourth-order valence-electron chi connectivity index (χ4n) is 8.02. The molecule has 2 aromatic heterocycles. The van der Waals surface area contributed by atoms with Gasteiger partial charge in [-0.25, -0.2) is 0 Å².